The molecule has 9 heteroatoms. The molecular formula is C22H27N5O4. The molecule has 0 aliphatic carbocycles. The van der Waals surface area contributed by atoms with Crippen molar-refractivity contribution in [2.45, 2.75) is 31.7 Å². The standard InChI is InChI=1S/C22H27N5O4/c1-29-11-2-3-12-30-18-9-8-15-13-17(7-6-16(15)14-18)20-24-21(31-26-20)19-5-4-10-27(19)22(23)25-28/h6-9,13-14,19,28H,2-5,10-12H2,1H3,(H2,23,25)/t19-/m0/s1. The molecule has 1 aliphatic heterocycles. The van der Waals surface area contributed by atoms with Crippen LogP contribution in [0, 0.1) is 0 Å². The molecule has 0 unspecified atom stereocenters. The predicted molar refractivity (Wildman–Crippen MR) is 116 cm³/mol. The summed E-state index contributed by atoms with van der Waals surface area (Å²) < 4.78 is 16.4. The van der Waals surface area contributed by atoms with Gasteiger partial charge in [-0.1, -0.05) is 28.5 Å². The molecular weight excluding hydrogens is 398 g/mol. The van der Waals surface area contributed by atoms with Gasteiger partial charge in [-0.2, -0.15) is 4.98 Å². The molecule has 9 nitrogen and oxygen atoms in total. The van der Waals surface area contributed by atoms with E-state index in [0.29, 0.717) is 24.9 Å². The van der Waals surface area contributed by atoms with Crippen molar-refractivity contribution in [2.24, 2.45) is 10.9 Å². The molecule has 0 radical (unpaired) electrons. The van der Waals surface area contributed by atoms with E-state index in [-0.39, 0.29) is 12.0 Å². The first-order chi connectivity index (χ1) is 15.2. The Balaban J connectivity index is 1.47. The maximum absolute atomic E-state index is 8.99. The van der Waals surface area contributed by atoms with Gasteiger partial charge in [-0.3, -0.25) is 0 Å². The molecule has 0 spiro atoms. The highest BCUT2D eigenvalue weighted by molar-refractivity contribution is 5.87. The number of methoxy groups -OCH3 is 1. The fourth-order valence-corrected chi connectivity index (χ4v) is 3.83. The summed E-state index contributed by atoms with van der Waals surface area (Å²) in [5, 5.41) is 18.4. The first-order valence-electron chi connectivity index (χ1n) is 10.4. The lowest BCUT2D eigenvalue weighted by Gasteiger charge is -2.21. The van der Waals surface area contributed by atoms with Crippen molar-refractivity contribution >= 4 is 16.7 Å². The van der Waals surface area contributed by atoms with E-state index in [0.717, 1.165) is 54.4 Å². The third kappa shape index (κ3) is 4.72. The van der Waals surface area contributed by atoms with Crippen molar-refractivity contribution in [2.75, 3.05) is 26.9 Å². The lowest BCUT2D eigenvalue weighted by atomic mass is 10.1. The number of aromatic nitrogens is 2. The summed E-state index contributed by atoms with van der Waals surface area (Å²) in [6.07, 6.45) is 3.66. The van der Waals surface area contributed by atoms with Gasteiger partial charge in [0.05, 0.1) is 6.61 Å². The van der Waals surface area contributed by atoms with Crippen LogP contribution in [0.3, 0.4) is 0 Å². The smallest absolute Gasteiger partial charge is 0.249 e. The number of hydrogen-bond acceptors (Lipinski definition) is 7. The number of rotatable bonds is 8. The van der Waals surface area contributed by atoms with E-state index >= 15 is 0 Å². The van der Waals surface area contributed by atoms with Gasteiger partial charge in [0.2, 0.25) is 17.7 Å². The minimum absolute atomic E-state index is 0.0599. The zero-order valence-electron chi connectivity index (χ0n) is 17.5. The summed E-state index contributed by atoms with van der Waals surface area (Å²) in [5.74, 6) is 1.90. The molecule has 2 heterocycles. The highest BCUT2D eigenvalue weighted by atomic mass is 16.5. The van der Waals surface area contributed by atoms with E-state index in [4.69, 9.17) is 24.9 Å². The minimum Gasteiger partial charge on any atom is -0.494 e. The molecule has 1 atom stereocenters. The van der Waals surface area contributed by atoms with Crippen LogP contribution in [-0.4, -0.2) is 53.1 Å². The second-order valence-electron chi connectivity index (χ2n) is 7.54. The Hall–Kier alpha value is -3.33. The van der Waals surface area contributed by atoms with E-state index in [2.05, 4.69) is 15.3 Å². The highest BCUT2D eigenvalue weighted by Gasteiger charge is 2.32. The summed E-state index contributed by atoms with van der Waals surface area (Å²) in [7, 11) is 1.71. The van der Waals surface area contributed by atoms with Crippen LogP contribution in [0.1, 0.15) is 37.6 Å². The highest BCUT2D eigenvalue weighted by Crippen LogP contribution is 2.32. The normalized spacial score (nSPS) is 16.9. The number of nitrogens with zero attached hydrogens (tertiary/aromatic N) is 4. The third-order valence-electron chi connectivity index (χ3n) is 5.46. The molecule has 2 aromatic carbocycles. The van der Waals surface area contributed by atoms with Crippen molar-refractivity contribution in [3.05, 3.63) is 42.3 Å². The Kier molecular flexibility index (Phi) is 6.51. The number of guanidine groups is 1. The van der Waals surface area contributed by atoms with Crippen LogP contribution in [0.25, 0.3) is 22.2 Å². The maximum atomic E-state index is 8.99. The van der Waals surface area contributed by atoms with Gasteiger partial charge in [0, 0.05) is 25.8 Å². The number of fused-ring (bicyclic) bond motifs is 1. The first kappa shape index (κ1) is 20.9. The van der Waals surface area contributed by atoms with E-state index in [9.17, 15) is 0 Å². The van der Waals surface area contributed by atoms with Gasteiger partial charge in [-0.15, -0.1) is 0 Å². The van der Waals surface area contributed by atoms with E-state index in [1.807, 2.05) is 36.4 Å². The molecule has 4 rings (SSSR count). The van der Waals surface area contributed by atoms with Gasteiger partial charge >= 0.3 is 0 Å². The van der Waals surface area contributed by atoms with Crippen LogP contribution in [0.4, 0.5) is 0 Å². The Morgan fingerprint density at radius 1 is 1.23 bits per heavy atom. The SMILES string of the molecule is COCCCCOc1ccc2cc(-c3noc([C@@H]4CCCN4/C(N)=N/O)n3)ccc2c1. The molecule has 3 aromatic rings. The predicted octanol–water partition coefficient (Wildman–Crippen LogP) is 3.54. The monoisotopic (exact) mass is 425 g/mol. The molecule has 0 amide bonds. The van der Waals surface area contributed by atoms with Crippen LogP contribution < -0.4 is 10.5 Å². The lowest BCUT2D eigenvalue weighted by Crippen LogP contribution is -2.36. The number of ether oxygens (including phenoxy) is 2. The Morgan fingerprint density at radius 2 is 2.03 bits per heavy atom. The fourth-order valence-electron chi connectivity index (χ4n) is 3.83. The van der Waals surface area contributed by atoms with Gasteiger partial charge in [0.15, 0.2) is 0 Å². The van der Waals surface area contributed by atoms with Crippen molar-refractivity contribution in [3.63, 3.8) is 0 Å². The lowest BCUT2D eigenvalue weighted by molar-refractivity contribution is 0.184. The summed E-state index contributed by atoms with van der Waals surface area (Å²) in [4.78, 5) is 6.34. The van der Waals surface area contributed by atoms with Gasteiger partial charge in [0.25, 0.3) is 0 Å². The summed E-state index contributed by atoms with van der Waals surface area (Å²) in [6.45, 7) is 2.11. The molecule has 164 valence electrons. The average Bonchev–Trinajstić information content (AvgIpc) is 3.47. The van der Waals surface area contributed by atoms with Crippen molar-refractivity contribution in [3.8, 4) is 17.1 Å². The van der Waals surface area contributed by atoms with Crippen LogP contribution in [0.5, 0.6) is 5.75 Å². The second-order valence-corrected chi connectivity index (χ2v) is 7.54. The second kappa shape index (κ2) is 9.65. The zero-order chi connectivity index (χ0) is 21.6. The first-order valence-corrected chi connectivity index (χ1v) is 10.4. The quantitative estimate of drug-likeness (QED) is 0.185. The Labute approximate surface area is 180 Å². The number of likely N-dealkylation sites (tertiary alicyclic amines) is 1. The van der Waals surface area contributed by atoms with Crippen LogP contribution in [0.15, 0.2) is 46.1 Å². The largest absolute Gasteiger partial charge is 0.494 e. The van der Waals surface area contributed by atoms with Gasteiger partial charge in [-0.05, 0) is 54.7 Å². The molecule has 1 aliphatic rings. The average molecular weight is 425 g/mol. The van der Waals surface area contributed by atoms with E-state index < -0.39 is 0 Å². The van der Waals surface area contributed by atoms with Crippen LogP contribution >= 0.6 is 0 Å². The van der Waals surface area contributed by atoms with Gasteiger partial charge in [-0.25, -0.2) is 0 Å². The zero-order valence-corrected chi connectivity index (χ0v) is 17.5. The topological polar surface area (TPSA) is 119 Å². The molecule has 0 saturated carbocycles. The van der Waals surface area contributed by atoms with E-state index in [1.165, 1.54) is 0 Å². The number of benzene rings is 2. The molecule has 31 heavy (non-hydrogen) atoms. The third-order valence-corrected chi connectivity index (χ3v) is 5.46. The fraction of sp³-hybridized carbons (Fsp3) is 0.409. The van der Waals surface area contributed by atoms with E-state index in [1.54, 1.807) is 12.0 Å². The summed E-state index contributed by atoms with van der Waals surface area (Å²) in [6, 6.07) is 11.9. The molecule has 1 fully saturated rings. The number of nitrogens with two attached hydrogens (primary N) is 1. The van der Waals surface area contributed by atoms with Gasteiger partial charge < -0.3 is 29.8 Å². The maximum Gasteiger partial charge on any atom is 0.249 e. The van der Waals surface area contributed by atoms with Crippen LogP contribution in [0.2, 0.25) is 0 Å². The van der Waals surface area contributed by atoms with Crippen molar-refractivity contribution in [1.82, 2.24) is 15.0 Å². The molecule has 1 aromatic heterocycles. The number of oxime groups is 1. The Morgan fingerprint density at radius 3 is 2.87 bits per heavy atom. The van der Waals surface area contributed by atoms with Crippen LogP contribution in [-0.2, 0) is 4.74 Å². The van der Waals surface area contributed by atoms with Gasteiger partial charge in [0.1, 0.15) is 11.8 Å². The molecule has 1 saturated heterocycles. The Bertz CT molecular complexity index is 1050. The molecule has 3 N–H and O–H groups in total. The minimum atomic E-state index is -0.179. The number of unbranched alkanes of at least 4 members (excludes halogenated alkanes) is 1. The van der Waals surface area contributed by atoms with Crippen molar-refractivity contribution in [1.29, 1.82) is 0 Å². The number of hydrogen-bond donors (Lipinski definition) is 2. The van der Waals surface area contributed by atoms with Crippen molar-refractivity contribution < 1.29 is 19.2 Å². The summed E-state index contributed by atoms with van der Waals surface area (Å²) in [5.41, 5.74) is 6.64. The summed E-state index contributed by atoms with van der Waals surface area (Å²) >= 11 is 0. The molecule has 0 bridgehead atoms.